The van der Waals surface area contributed by atoms with Gasteiger partial charge in [-0.1, -0.05) is 23.7 Å². The van der Waals surface area contributed by atoms with E-state index in [0.717, 1.165) is 24.3 Å². The van der Waals surface area contributed by atoms with Crippen molar-refractivity contribution in [3.63, 3.8) is 0 Å². The van der Waals surface area contributed by atoms with Crippen LogP contribution in [0.4, 0.5) is 11.4 Å². The molecule has 0 saturated carbocycles. The summed E-state index contributed by atoms with van der Waals surface area (Å²) in [6.07, 6.45) is 0. The minimum Gasteiger partial charge on any atom is -0.506 e. The highest BCUT2D eigenvalue weighted by atomic mass is 35.5. The molecular weight excluding hydrogens is 536 g/mol. The number of sulfone groups is 1. The topological polar surface area (TPSA) is 197 Å². The molecule has 3 aromatic rings. The summed E-state index contributed by atoms with van der Waals surface area (Å²) in [5, 5.41) is 18.5. The molecule has 0 amide bonds. The van der Waals surface area contributed by atoms with Crippen molar-refractivity contribution in [3.8, 4) is 5.75 Å². The van der Waals surface area contributed by atoms with Gasteiger partial charge in [-0.15, -0.1) is 10.2 Å². The van der Waals surface area contributed by atoms with Gasteiger partial charge < -0.3 is 5.11 Å². The molecule has 0 aliphatic heterocycles. The first kappa shape index (κ1) is 26.0. The molecule has 0 fully saturated rings. The molecule has 0 aliphatic carbocycles. The molecule has 0 aliphatic rings. The Morgan fingerprint density at radius 1 is 0.853 bits per heavy atom. The summed E-state index contributed by atoms with van der Waals surface area (Å²) in [5.41, 5.74) is -0.311. The summed E-state index contributed by atoms with van der Waals surface area (Å²) < 4.78 is 90.8. The van der Waals surface area contributed by atoms with Crippen LogP contribution in [0.5, 0.6) is 5.75 Å². The predicted octanol–water partition coefficient (Wildman–Crippen LogP) is 3.45. The van der Waals surface area contributed by atoms with Crippen molar-refractivity contribution in [1.29, 1.82) is 0 Å². The quantitative estimate of drug-likeness (QED) is 0.276. The summed E-state index contributed by atoms with van der Waals surface area (Å²) >= 11 is 6.06. The first-order valence-corrected chi connectivity index (χ1v) is 13.8. The van der Waals surface area contributed by atoms with Gasteiger partial charge in [0.2, 0.25) is 0 Å². The fourth-order valence-corrected chi connectivity index (χ4v) is 4.94. The van der Waals surface area contributed by atoms with Crippen LogP contribution in [0.2, 0.25) is 5.02 Å². The van der Waals surface area contributed by atoms with E-state index < -0.39 is 47.6 Å². The maximum absolute atomic E-state index is 12.4. The van der Waals surface area contributed by atoms with Crippen LogP contribution in [0, 0.1) is 0 Å². The van der Waals surface area contributed by atoms with Crippen LogP contribution in [0.15, 0.2) is 68.6 Å². The van der Waals surface area contributed by atoms with Crippen molar-refractivity contribution in [1.82, 2.24) is 0 Å². The standard InChI is InChI=1S/C18H15ClN2O10S3/c19-15-5-4-12(32(23,24)8-7-31-34(28,29)30)10-16(15)20-21-18-14-9-13(33(25,26)27)3-1-11(14)2-6-17(18)22/h1-6,9-10,22H,7-8H2,(H,25,26,27)(H,28,29,30). The average Bonchev–Trinajstić information content (AvgIpc) is 2.71. The van der Waals surface area contributed by atoms with Gasteiger partial charge in [-0.2, -0.15) is 16.8 Å². The molecule has 0 unspecified atom stereocenters. The molecule has 0 saturated heterocycles. The molecule has 0 atom stereocenters. The van der Waals surface area contributed by atoms with Crippen molar-refractivity contribution in [2.45, 2.75) is 9.79 Å². The summed E-state index contributed by atoms with van der Waals surface area (Å²) in [6, 6.07) is 9.76. The Morgan fingerprint density at radius 3 is 2.15 bits per heavy atom. The zero-order chi connectivity index (χ0) is 25.3. The van der Waals surface area contributed by atoms with Crippen LogP contribution in [0.3, 0.4) is 0 Å². The Bertz CT molecular complexity index is 1620. The lowest BCUT2D eigenvalue weighted by atomic mass is 10.1. The van der Waals surface area contributed by atoms with Crippen LogP contribution < -0.4 is 0 Å². The Hall–Kier alpha value is -2.66. The second-order valence-corrected chi connectivity index (χ2v) is 11.7. The van der Waals surface area contributed by atoms with Crippen LogP contribution in [0.25, 0.3) is 10.8 Å². The van der Waals surface area contributed by atoms with Gasteiger partial charge in [-0.25, -0.2) is 12.6 Å². The van der Waals surface area contributed by atoms with E-state index in [0.29, 0.717) is 5.39 Å². The second-order valence-electron chi connectivity index (χ2n) is 6.67. The van der Waals surface area contributed by atoms with Gasteiger partial charge in [0.15, 0.2) is 9.84 Å². The van der Waals surface area contributed by atoms with E-state index in [4.69, 9.17) is 16.2 Å². The van der Waals surface area contributed by atoms with Crippen molar-refractivity contribution in [2.24, 2.45) is 10.2 Å². The lowest BCUT2D eigenvalue weighted by Crippen LogP contribution is -2.15. The molecule has 0 bridgehead atoms. The number of phenols is 1. The molecule has 3 N–H and O–H groups in total. The molecule has 3 aromatic carbocycles. The number of hydrogen-bond acceptors (Lipinski definition) is 10. The third-order valence-corrected chi connectivity index (χ3v) is 7.67. The fraction of sp³-hybridized carbons (Fsp3) is 0.111. The zero-order valence-corrected chi connectivity index (χ0v) is 19.9. The molecule has 182 valence electrons. The van der Waals surface area contributed by atoms with Crippen molar-refractivity contribution in [3.05, 3.63) is 53.6 Å². The molecule has 0 spiro atoms. The van der Waals surface area contributed by atoms with Crippen molar-refractivity contribution < 1.29 is 43.6 Å². The van der Waals surface area contributed by atoms with Gasteiger partial charge in [0, 0.05) is 5.39 Å². The van der Waals surface area contributed by atoms with Gasteiger partial charge in [0.25, 0.3) is 10.1 Å². The third-order valence-electron chi connectivity index (χ3n) is 4.36. The molecular formula is C18H15ClN2O10S3. The minimum absolute atomic E-state index is 0.0183. The highest BCUT2D eigenvalue weighted by molar-refractivity contribution is 7.91. The van der Waals surface area contributed by atoms with Gasteiger partial charge in [-0.05, 0) is 41.8 Å². The Kier molecular flexibility index (Phi) is 7.28. The van der Waals surface area contributed by atoms with Gasteiger partial charge in [-0.3, -0.25) is 9.11 Å². The number of azo groups is 1. The van der Waals surface area contributed by atoms with Crippen LogP contribution in [0.1, 0.15) is 0 Å². The summed E-state index contributed by atoms with van der Waals surface area (Å²) in [7, 11) is -13.4. The second kappa shape index (κ2) is 9.53. The number of aromatic hydroxyl groups is 1. The number of rotatable bonds is 8. The van der Waals surface area contributed by atoms with Gasteiger partial charge in [0.05, 0.1) is 27.2 Å². The van der Waals surface area contributed by atoms with E-state index in [1.807, 2.05) is 0 Å². The zero-order valence-electron chi connectivity index (χ0n) is 16.7. The molecule has 12 nitrogen and oxygen atoms in total. The number of hydrogen-bond donors (Lipinski definition) is 3. The molecule has 0 aromatic heterocycles. The third kappa shape index (κ3) is 6.26. The maximum atomic E-state index is 12.4. The summed E-state index contributed by atoms with van der Waals surface area (Å²) in [5.74, 6) is -1.17. The van der Waals surface area contributed by atoms with Crippen molar-refractivity contribution in [2.75, 3.05) is 12.4 Å². The maximum Gasteiger partial charge on any atom is 0.397 e. The fourth-order valence-electron chi connectivity index (χ4n) is 2.77. The lowest BCUT2D eigenvalue weighted by Gasteiger charge is -2.07. The number of halogens is 1. The highest BCUT2D eigenvalue weighted by Gasteiger charge is 2.19. The SMILES string of the molecule is O=S(=O)(O)OCCS(=O)(=O)c1ccc(Cl)c(N=Nc2c(O)ccc3ccc(S(=O)(=O)O)cc23)c1. The number of fused-ring (bicyclic) bond motifs is 1. The minimum atomic E-state index is -4.81. The molecule has 34 heavy (non-hydrogen) atoms. The molecule has 0 heterocycles. The Morgan fingerprint density at radius 2 is 1.50 bits per heavy atom. The van der Waals surface area contributed by atoms with Gasteiger partial charge >= 0.3 is 10.4 Å². The summed E-state index contributed by atoms with van der Waals surface area (Å²) in [4.78, 5) is -0.749. The van der Waals surface area contributed by atoms with E-state index in [9.17, 15) is 34.9 Å². The van der Waals surface area contributed by atoms with E-state index in [1.165, 1.54) is 24.3 Å². The molecule has 3 rings (SSSR count). The smallest absolute Gasteiger partial charge is 0.397 e. The first-order valence-electron chi connectivity index (χ1n) is 8.96. The molecule has 0 radical (unpaired) electrons. The van der Waals surface area contributed by atoms with Gasteiger partial charge in [0.1, 0.15) is 17.1 Å². The number of benzene rings is 3. The van der Waals surface area contributed by atoms with E-state index in [1.54, 1.807) is 0 Å². The van der Waals surface area contributed by atoms with Crippen molar-refractivity contribution >= 4 is 64.1 Å². The number of phenolic OH excluding ortho intramolecular Hbond substituents is 1. The van der Waals surface area contributed by atoms with E-state index in [-0.39, 0.29) is 32.4 Å². The largest absolute Gasteiger partial charge is 0.506 e. The average molecular weight is 551 g/mol. The molecule has 16 heteroatoms. The van der Waals surface area contributed by atoms with Crippen LogP contribution >= 0.6 is 11.6 Å². The Balaban J connectivity index is 2.01. The van der Waals surface area contributed by atoms with E-state index in [2.05, 4.69) is 14.4 Å². The summed E-state index contributed by atoms with van der Waals surface area (Å²) in [6.45, 7) is -0.833. The van der Waals surface area contributed by atoms with Crippen LogP contribution in [-0.4, -0.2) is 51.8 Å². The lowest BCUT2D eigenvalue weighted by molar-refractivity contribution is 0.284. The number of nitrogens with zero attached hydrogens (tertiary/aromatic N) is 2. The predicted molar refractivity (Wildman–Crippen MR) is 121 cm³/mol. The normalized spacial score (nSPS) is 13.0. The van der Waals surface area contributed by atoms with E-state index >= 15 is 0 Å². The monoisotopic (exact) mass is 550 g/mol. The first-order chi connectivity index (χ1) is 15.7. The van der Waals surface area contributed by atoms with Crippen LogP contribution in [-0.2, 0) is 34.5 Å². The Labute approximate surface area is 199 Å². The highest BCUT2D eigenvalue weighted by Crippen LogP contribution is 2.38.